The number of nitrogens with one attached hydrogen (secondary N) is 1. The summed E-state index contributed by atoms with van der Waals surface area (Å²) in [7, 11) is 1.72. The molecule has 0 amide bonds. The lowest BCUT2D eigenvalue weighted by Crippen LogP contribution is -2.44. The van der Waals surface area contributed by atoms with Crippen molar-refractivity contribution in [1.29, 1.82) is 0 Å². The van der Waals surface area contributed by atoms with Crippen LogP contribution < -0.4 is 5.32 Å². The molecule has 0 radical (unpaired) electrons. The van der Waals surface area contributed by atoms with Gasteiger partial charge in [-0.2, -0.15) is 0 Å². The molecule has 3 atom stereocenters. The molecular formula is C15H25NO2. The van der Waals surface area contributed by atoms with Gasteiger partial charge in [0.25, 0.3) is 0 Å². The summed E-state index contributed by atoms with van der Waals surface area (Å²) in [4.78, 5) is 0. The molecule has 1 aromatic carbocycles. The van der Waals surface area contributed by atoms with Gasteiger partial charge >= 0.3 is 0 Å². The first kappa shape index (κ1) is 15.2. The Morgan fingerprint density at radius 1 is 1.22 bits per heavy atom. The van der Waals surface area contributed by atoms with E-state index in [1.807, 2.05) is 13.0 Å². The number of ether oxygens (including phenoxy) is 1. The van der Waals surface area contributed by atoms with E-state index in [-0.39, 0.29) is 24.6 Å². The number of hydrogen-bond donors (Lipinski definition) is 2. The summed E-state index contributed by atoms with van der Waals surface area (Å²) in [5, 5.41) is 12.7. The monoisotopic (exact) mass is 251 g/mol. The molecule has 0 aliphatic rings. The zero-order valence-corrected chi connectivity index (χ0v) is 11.6. The molecule has 0 saturated heterocycles. The molecule has 0 aliphatic carbocycles. The van der Waals surface area contributed by atoms with Gasteiger partial charge in [-0.3, -0.25) is 0 Å². The largest absolute Gasteiger partial charge is 0.396 e. The molecule has 18 heavy (non-hydrogen) atoms. The molecule has 0 heterocycles. The van der Waals surface area contributed by atoms with Gasteiger partial charge in [0.1, 0.15) is 0 Å². The molecule has 0 saturated carbocycles. The van der Waals surface area contributed by atoms with Crippen LogP contribution in [0.1, 0.15) is 19.4 Å². The first-order valence-electron chi connectivity index (χ1n) is 6.57. The van der Waals surface area contributed by atoms with Gasteiger partial charge in [-0.25, -0.2) is 0 Å². The van der Waals surface area contributed by atoms with E-state index in [9.17, 15) is 0 Å². The summed E-state index contributed by atoms with van der Waals surface area (Å²) in [6, 6.07) is 11.0. The van der Waals surface area contributed by atoms with E-state index < -0.39 is 0 Å². The molecule has 2 N–H and O–H groups in total. The van der Waals surface area contributed by atoms with Crippen molar-refractivity contribution in [2.24, 2.45) is 5.92 Å². The summed E-state index contributed by atoms with van der Waals surface area (Å²) < 4.78 is 5.27. The Bertz CT molecular complexity index is 316. The second kappa shape index (κ2) is 8.25. The second-order valence-corrected chi connectivity index (χ2v) is 4.96. The highest BCUT2D eigenvalue weighted by molar-refractivity contribution is 5.16. The van der Waals surface area contributed by atoms with Crippen molar-refractivity contribution >= 4 is 0 Å². The highest BCUT2D eigenvalue weighted by Crippen LogP contribution is 2.07. The lowest BCUT2D eigenvalue weighted by Gasteiger charge is -2.26. The number of aliphatic hydroxyl groups is 1. The molecule has 3 nitrogen and oxygen atoms in total. The normalized spacial score (nSPS) is 16.2. The minimum Gasteiger partial charge on any atom is -0.396 e. The van der Waals surface area contributed by atoms with Gasteiger partial charge < -0.3 is 15.2 Å². The van der Waals surface area contributed by atoms with E-state index >= 15 is 0 Å². The third kappa shape index (κ3) is 5.17. The predicted octanol–water partition coefficient (Wildman–Crippen LogP) is 1.85. The van der Waals surface area contributed by atoms with E-state index in [1.165, 1.54) is 5.56 Å². The average Bonchev–Trinajstić information content (AvgIpc) is 2.39. The molecular weight excluding hydrogens is 226 g/mol. The van der Waals surface area contributed by atoms with E-state index in [0.29, 0.717) is 6.61 Å². The molecule has 0 aromatic heterocycles. The smallest absolute Gasteiger partial charge is 0.0619 e. The van der Waals surface area contributed by atoms with Crippen LogP contribution in [0.15, 0.2) is 30.3 Å². The standard InChI is InChI=1S/C15H25NO2/c1-12(10-17)13(2)16-15(11-18-3)9-14-7-5-4-6-8-14/h4-8,12-13,15-17H,9-11H2,1-3H3. The number of methoxy groups -OCH3 is 1. The third-order valence-corrected chi connectivity index (χ3v) is 3.33. The summed E-state index contributed by atoms with van der Waals surface area (Å²) in [5.41, 5.74) is 1.30. The summed E-state index contributed by atoms with van der Waals surface area (Å²) in [6.45, 7) is 5.04. The topological polar surface area (TPSA) is 41.5 Å². The number of hydrogen-bond acceptors (Lipinski definition) is 3. The van der Waals surface area contributed by atoms with Gasteiger partial charge in [0.05, 0.1) is 6.61 Å². The lowest BCUT2D eigenvalue weighted by molar-refractivity contribution is 0.145. The summed E-state index contributed by atoms with van der Waals surface area (Å²) in [6.07, 6.45) is 0.942. The van der Waals surface area contributed by atoms with Crippen molar-refractivity contribution in [2.45, 2.75) is 32.4 Å². The molecule has 0 fully saturated rings. The minimum absolute atomic E-state index is 0.208. The fraction of sp³-hybridized carbons (Fsp3) is 0.600. The minimum atomic E-state index is 0.208. The molecule has 0 bridgehead atoms. The van der Waals surface area contributed by atoms with Gasteiger partial charge in [0, 0.05) is 25.8 Å². The van der Waals surface area contributed by atoms with Crippen molar-refractivity contribution < 1.29 is 9.84 Å². The van der Waals surface area contributed by atoms with Crippen LogP contribution in [0.2, 0.25) is 0 Å². The molecule has 0 spiro atoms. The number of rotatable bonds is 8. The quantitative estimate of drug-likeness (QED) is 0.741. The molecule has 1 rings (SSSR count). The molecule has 3 unspecified atom stereocenters. The van der Waals surface area contributed by atoms with Crippen LogP contribution in [-0.2, 0) is 11.2 Å². The second-order valence-electron chi connectivity index (χ2n) is 4.96. The van der Waals surface area contributed by atoms with Gasteiger partial charge in [-0.15, -0.1) is 0 Å². The SMILES string of the molecule is COCC(Cc1ccccc1)NC(C)C(C)CO. The van der Waals surface area contributed by atoms with Crippen molar-refractivity contribution in [3.8, 4) is 0 Å². The molecule has 102 valence electrons. The number of benzene rings is 1. The van der Waals surface area contributed by atoms with Crippen molar-refractivity contribution in [3.63, 3.8) is 0 Å². The maximum atomic E-state index is 9.17. The lowest BCUT2D eigenvalue weighted by atomic mass is 10.0. The molecule has 1 aromatic rings. The van der Waals surface area contributed by atoms with Gasteiger partial charge in [0.15, 0.2) is 0 Å². The highest BCUT2D eigenvalue weighted by Gasteiger charge is 2.16. The molecule has 3 heteroatoms. The van der Waals surface area contributed by atoms with E-state index in [1.54, 1.807) is 7.11 Å². The van der Waals surface area contributed by atoms with Crippen LogP contribution in [0.4, 0.5) is 0 Å². The van der Waals surface area contributed by atoms with Gasteiger partial charge in [-0.05, 0) is 24.8 Å². The van der Waals surface area contributed by atoms with E-state index in [4.69, 9.17) is 9.84 Å². The number of aliphatic hydroxyl groups excluding tert-OH is 1. The van der Waals surface area contributed by atoms with Crippen molar-refractivity contribution in [1.82, 2.24) is 5.32 Å². The van der Waals surface area contributed by atoms with Crippen molar-refractivity contribution in [2.75, 3.05) is 20.3 Å². The highest BCUT2D eigenvalue weighted by atomic mass is 16.5. The van der Waals surface area contributed by atoms with Gasteiger partial charge in [-0.1, -0.05) is 37.3 Å². The molecule has 0 aliphatic heterocycles. The Balaban J connectivity index is 2.54. The third-order valence-electron chi connectivity index (χ3n) is 3.33. The first-order valence-corrected chi connectivity index (χ1v) is 6.57. The zero-order chi connectivity index (χ0) is 13.4. The summed E-state index contributed by atoms with van der Waals surface area (Å²) in [5.74, 6) is 0.250. The fourth-order valence-corrected chi connectivity index (χ4v) is 1.96. The van der Waals surface area contributed by atoms with Gasteiger partial charge in [0.2, 0.25) is 0 Å². The first-order chi connectivity index (χ1) is 8.67. The Morgan fingerprint density at radius 3 is 2.44 bits per heavy atom. The van der Waals surface area contributed by atoms with Crippen LogP contribution in [0.5, 0.6) is 0 Å². The van der Waals surface area contributed by atoms with Crippen LogP contribution >= 0.6 is 0 Å². The maximum Gasteiger partial charge on any atom is 0.0619 e. The van der Waals surface area contributed by atoms with Crippen LogP contribution in [0, 0.1) is 5.92 Å². The van der Waals surface area contributed by atoms with Crippen LogP contribution in [-0.4, -0.2) is 37.5 Å². The Hall–Kier alpha value is -0.900. The van der Waals surface area contributed by atoms with E-state index in [2.05, 4.69) is 36.5 Å². The van der Waals surface area contributed by atoms with Crippen LogP contribution in [0.3, 0.4) is 0 Å². The Labute approximate surface area is 110 Å². The Kier molecular flexibility index (Phi) is 6.94. The summed E-state index contributed by atoms with van der Waals surface area (Å²) >= 11 is 0. The predicted molar refractivity (Wildman–Crippen MR) is 74.7 cm³/mol. The van der Waals surface area contributed by atoms with Crippen molar-refractivity contribution in [3.05, 3.63) is 35.9 Å². The average molecular weight is 251 g/mol. The maximum absolute atomic E-state index is 9.17. The Morgan fingerprint density at radius 2 is 1.89 bits per heavy atom. The van der Waals surface area contributed by atoms with E-state index in [0.717, 1.165) is 6.42 Å². The fourth-order valence-electron chi connectivity index (χ4n) is 1.96. The van der Waals surface area contributed by atoms with Crippen LogP contribution in [0.25, 0.3) is 0 Å². The zero-order valence-electron chi connectivity index (χ0n) is 11.6.